The van der Waals surface area contributed by atoms with E-state index in [4.69, 9.17) is 5.73 Å². The summed E-state index contributed by atoms with van der Waals surface area (Å²) >= 11 is 2.29. The second-order valence-corrected chi connectivity index (χ2v) is 4.97. The second kappa shape index (κ2) is 4.74. The molecule has 0 atom stereocenters. The highest BCUT2D eigenvalue weighted by Gasteiger charge is 2.00. The van der Waals surface area contributed by atoms with E-state index in [9.17, 15) is 0 Å². The largest absolute Gasteiger partial charge is 0.397 e. The van der Waals surface area contributed by atoms with Crippen LogP contribution in [0.15, 0.2) is 42.5 Å². The molecule has 0 aliphatic carbocycles. The topological polar surface area (TPSA) is 38.0 Å². The minimum Gasteiger partial charge on any atom is -0.397 e. The molecule has 0 radical (unpaired) electrons. The third-order valence-electron chi connectivity index (χ3n) is 2.31. The standard InChI is InChI=1S/C13H13IN2/c1-9-5-6-12(15)13(7-9)16-11-4-2-3-10(14)8-11/h2-8,16H,15H2,1H3. The number of benzene rings is 2. The lowest BCUT2D eigenvalue weighted by molar-refractivity contribution is 1.45. The van der Waals surface area contributed by atoms with Crippen LogP contribution in [0.4, 0.5) is 17.1 Å². The van der Waals surface area contributed by atoms with Gasteiger partial charge in [0.25, 0.3) is 0 Å². The number of aryl methyl sites for hydroxylation is 1. The van der Waals surface area contributed by atoms with E-state index in [1.54, 1.807) is 0 Å². The summed E-state index contributed by atoms with van der Waals surface area (Å²) in [6, 6.07) is 14.2. The Balaban J connectivity index is 2.30. The van der Waals surface area contributed by atoms with Crippen molar-refractivity contribution in [3.63, 3.8) is 0 Å². The molecule has 0 aliphatic heterocycles. The first-order valence-electron chi connectivity index (χ1n) is 5.04. The molecule has 0 fully saturated rings. The summed E-state index contributed by atoms with van der Waals surface area (Å²) in [6.07, 6.45) is 0. The van der Waals surface area contributed by atoms with Crippen molar-refractivity contribution in [2.75, 3.05) is 11.1 Å². The fourth-order valence-corrected chi connectivity index (χ4v) is 2.04. The van der Waals surface area contributed by atoms with Crippen LogP contribution in [0.25, 0.3) is 0 Å². The van der Waals surface area contributed by atoms with Gasteiger partial charge in [0.2, 0.25) is 0 Å². The van der Waals surface area contributed by atoms with Crippen molar-refractivity contribution in [1.29, 1.82) is 0 Å². The van der Waals surface area contributed by atoms with Crippen LogP contribution >= 0.6 is 22.6 Å². The Labute approximate surface area is 109 Å². The van der Waals surface area contributed by atoms with Crippen molar-refractivity contribution in [3.8, 4) is 0 Å². The Morgan fingerprint density at radius 3 is 2.69 bits per heavy atom. The highest BCUT2D eigenvalue weighted by atomic mass is 127. The van der Waals surface area contributed by atoms with Crippen LogP contribution in [-0.2, 0) is 0 Å². The quantitative estimate of drug-likeness (QED) is 0.649. The van der Waals surface area contributed by atoms with Gasteiger partial charge in [-0.05, 0) is 65.4 Å². The summed E-state index contributed by atoms with van der Waals surface area (Å²) in [5.41, 5.74) is 9.90. The van der Waals surface area contributed by atoms with Crippen LogP contribution in [0.5, 0.6) is 0 Å². The highest BCUT2D eigenvalue weighted by Crippen LogP contribution is 2.24. The Kier molecular flexibility index (Phi) is 3.33. The van der Waals surface area contributed by atoms with E-state index in [0.29, 0.717) is 0 Å². The maximum absolute atomic E-state index is 5.91. The average Bonchev–Trinajstić information content (AvgIpc) is 2.24. The number of rotatable bonds is 2. The van der Waals surface area contributed by atoms with Gasteiger partial charge in [0, 0.05) is 9.26 Å². The molecule has 0 unspecified atom stereocenters. The third kappa shape index (κ3) is 2.66. The zero-order valence-corrected chi connectivity index (χ0v) is 11.2. The smallest absolute Gasteiger partial charge is 0.0620 e. The number of hydrogen-bond donors (Lipinski definition) is 2. The van der Waals surface area contributed by atoms with E-state index in [-0.39, 0.29) is 0 Å². The molecule has 3 N–H and O–H groups in total. The maximum Gasteiger partial charge on any atom is 0.0620 e. The lowest BCUT2D eigenvalue weighted by Crippen LogP contribution is -1.96. The molecule has 0 heterocycles. The fourth-order valence-electron chi connectivity index (χ4n) is 1.50. The van der Waals surface area contributed by atoms with Crippen molar-refractivity contribution < 1.29 is 0 Å². The zero-order valence-electron chi connectivity index (χ0n) is 9.00. The molecule has 2 rings (SSSR count). The summed E-state index contributed by atoms with van der Waals surface area (Å²) in [6.45, 7) is 2.05. The lowest BCUT2D eigenvalue weighted by Gasteiger charge is -2.10. The number of nitrogens with two attached hydrogens (primary N) is 1. The zero-order chi connectivity index (χ0) is 11.5. The molecule has 2 nitrogen and oxygen atoms in total. The van der Waals surface area contributed by atoms with Crippen LogP contribution in [0, 0.1) is 10.5 Å². The molecule has 0 saturated heterocycles. The first kappa shape index (κ1) is 11.3. The predicted molar refractivity (Wildman–Crippen MR) is 78.0 cm³/mol. The van der Waals surface area contributed by atoms with Crippen molar-refractivity contribution in [2.24, 2.45) is 0 Å². The molecule has 82 valence electrons. The average molecular weight is 324 g/mol. The lowest BCUT2D eigenvalue weighted by atomic mass is 10.2. The van der Waals surface area contributed by atoms with E-state index in [1.165, 1.54) is 9.13 Å². The molecule has 0 spiro atoms. The van der Waals surface area contributed by atoms with Crippen LogP contribution in [0.3, 0.4) is 0 Å². The molecule has 0 aliphatic rings. The fraction of sp³-hybridized carbons (Fsp3) is 0.0769. The first-order chi connectivity index (χ1) is 7.65. The molecule has 0 aromatic heterocycles. The van der Waals surface area contributed by atoms with Crippen LogP contribution in [-0.4, -0.2) is 0 Å². The number of halogens is 1. The number of anilines is 3. The van der Waals surface area contributed by atoms with Crippen molar-refractivity contribution in [2.45, 2.75) is 6.92 Å². The summed E-state index contributed by atoms with van der Waals surface area (Å²) < 4.78 is 1.20. The van der Waals surface area contributed by atoms with Crippen molar-refractivity contribution in [1.82, 2.24) is 0 Å². The van der Waals surface area contributed by atoms with Gasteiger partial charge < -0.3 is 11.1 Å². The van der Waals surface area contributed by atoms with Gasteiger partial charge in [-0.25, -0.2) is 0 Å². The summed E-state index contributed by atoms with van der Waals surface area (Å²) in [7, 11) is 0. The van der Waals surface area contributed by atoms with Gasteiger partial charge >= 0.3 is 0 Å². The molecular weight excluding hydrogens is 311 g/mol. The molecule has 16 heavy (non-hydrogen) atoms. The van der Waals surface area contributed by atoms with Gasteiger partial charge in [0.1, 0.15) is 0 Å². The SMILES string of the molecule is Cc1ccc(N)c(Nc2cccc(I)c2)c1. The predicted octanol–water partition coefficient (Wildman–Crippen LogP) is 3.93. The molecular formula is C13H13IN2. The molecule has 0 amide bonds. The number of nitrogen functional groups attached to an aromatic ring is 1. The molecule has 2 aromatic carbocycles. The van der Waals surface area contributed by atoms with E-state index in [1.807, 2.05) is 24.3 Å². The summed E-state index contributed by atoms with van der Waals surface area (Å²) in [5.74, 6) is 0. The second-order valence-electron chi connectivity index (χ2n) is 3.73. The van der Waals surface area contributed by atoms with E-state index < -0.39 is 0 Å². The minimum atomic E-state index is 0.768. The minimum absolute atomic E-state index is 0.768. The van der Waals surface area contributed by atoms with E-state index in [2.05, 4.69) is 53.0 Å². The Morgan fingerprint density at radius 1 is 1.12 bits per heavy atom. The third-order valence-corrected chi connectivity index (χ3v) is 2.98. The number of nitrogens with one attached hydrogen (secondary N) is 1. The Hall–Kier alpha value is -1.23. The first-order valence-corrected chi connectivity index (χ1v) is 6.12. The van der Waals surface area contributed by atoms with E-state index >= 15 is 0 Å². The van der Waals surface area contributed by atoms with Crippen LogP contribution in [0.2, 0.25) is 0 Å². The normalized spacial score (nSPS) is 10.1. The molecule has 3 heteroatoms. The molecule has 2 aromatic rings. The molecule has 0 bridgehead atoms. The van der Waals surface area contributed by atoms with E-state index in [0.717, 1.165) is 17.1 Å². The Morgan fingerprint density at radius 2 is 1.94 bits per heavy atom. The highest BCUT2D eigenvalue weighted by molar-refractivity contribution is 14.1. The van der Waals surface area contributed by atoms with Crippen LogP contribution < -0.4 is 11.1 Å². The monoisotopic (exact) mass is 324 g/mol. The summed E-state index contributed by atoms with van der Waals surface area (Å²) in [5, 5.41) is 3.32. The maximum atomic E-state index is 5.91. The Bertz CT molecular complexity index is 509. The van der Waals surface area contributed by atoms with Gasteiger partial charge in [0.05, 0.1) is 11.4 Å². The van der Waals surface area contributed by atoms with Crippen molar-refractivity contribution >= 4 is 39.7 Å². The van der Waals surface area contributed by atoms with Crippen molar-refractivity contribution in [3.05, 3.63) is 51.6 Å². The van der Waals surface area contributed by atoms with Gasteiger partial charge in [0.15, 0.2) is 0 Å². The van der Waals surface area contributed by atoms with Gasteiger partial charge in [-0.2, -0.15) is 0 Å². The summed E-state index contributed by atoms with van der Waals surface area (Å²) in [4.78, 5) is 0. The van der Waals surface area contributed by atoms with Crippen LogP contribution in [0.1, 0.15) is 5.56 Å². The van der Waals surface area contributed by atoms with Gasteiger partial charge in [-0.1, -0.05) is 12.1 Å². The van der Waals surface area contributed by atoms with Gasteiger partial charge in [-0.3, -0.25) is 0 Å². The van der Waals surface area contributed by atoms with Gasteiger partial charge in [-0.15, -0.1) is 0 Å². The number of hydrogen-bond acceptors (Lipinski definition) is 2. The molecule has 0 saturated carbocycles.